The number of aryl methyl sites for hydroxylation is 2. The van der Waals surface area contributed by atoms with Crippen LogP contribution in [0.25, 0.3) is 0 Å². The number of hydrogen-bond acceptors (Lipinski definition) is 6. The van der Waals surface area contributed by atoms with Gasteiger partial charge in [-0.05, 0) is 68.2 Å². The Hall–Kier alpha value is -3.03. The fourth-order valence-electron chi connectivity index (χ4n) is 3.77. The van der Waals surface area contributed by atoms with Crippen molar-refractivity contribution < 1.29 is 19.2 Å². The maximum atomic E-state index is 12.1. The second-order valence-electron chi connectivity index (χ2n) is 8.90. The number of nitrogens with two attached hydrogens (primary N) is 2. The first kappa shape index (κ1) is 28.2. The number of carbonyl (C=O) groups excluding carboxylic acids is 3. The second-order valence-corrected chi connectivity index (χ2v) is 8.90. The average Bonchev–Trinajstić information content (AvgIpc) is 2.87. The van der Waals surface area contributed by atoms with Crippen molar-refractivity contribution >= 4 is 17.7 Å². The van der Waals surface area contributed by atoms with Crippen LogP contribution >= 0.6 is 0 Å². The predicted molar refractivity (Wildman–Crippen MR) is 137 cm³/mol. The summed E-state index contributed by atoms with van der Waals surface area (Å²) in [5.41, 5.74) is 16.9. The molecule has 0 radical (unpaired) electrons. The van der Waals surface area contributed by atoms with Crippen molar-refractivity contribution in [2.75, 3.05) is 6.54 Å². The van der Waals surface area contributed by atoms with E-state index in [0.717, 1.165) is 44.1 Å². The summed E-state index contributed by atoms with van der Waals surface area (Å²) in [7, 11) is 0. The lowest BCUT2D eigenvalue weighted by Gasteiger charge is -2.10. The maximum absolute atomic E-state index is 12.1. The maximum Gasteiger partial charge on any atom is 0.332 e. The molecule has 0 saturated carbocycles. The number of unbranched alkanes of at least 4 members (excludes halogenated alkanes) is 2. The average molecular weight is 482 g/mol. The monoisotopic (exact) mass is 481 g/mol. The largest absolute Gasteiger partial charge is 0.341 e. The van der Waals surface area contributed by atoms with Gasteiger partial charge in [0, 0.05) is 12.8 Å². The molecule has 7 nitrogen and oxygen atoms in total. The van der Waals surface area contributed by atoms with E-state index in [2.05, 4.69) is 29.7 Å². The van der Waals surface area contributed by atoms with Crippen LogP contribution < -0.4 is 16.9 Å². The molecule has 35 heavy (non-hydrogen) atoms. The summed E-state index contributed by atoms with van der Waals surface area (Å²) in [6, 6.07) is 17.9. The lowest BCUT2D eigenvalue weighted by Crippen LogP contribution is -2.31. The number of nitrogens with one attached hydrogen (secondary N) is 1. The molecular weight excluding hydrogens is 442 g/mol. The van der Waals surface area contributed by atoms with Gasteiger partial charge in [-0.3, -0.25) is 9.59 Å². The van der Waals surface area contributed by atoms with Crippen molar-refractivity contribution in [2.45, 2.75) is 76.7 Å². The summed E-state index contributed by atoms with van der Waals surface area (Å²) in [6.07, 6.45) is 7.29. The number of benzene rings is 2. The van der Waals surface area contributed by atoms with Gasteiger partial charge >= 0.3 is 5.97 Å². The molecule has 0 heterocycles. The van der Waals surface area contributed by atoms with Crippen LogP contribution in [0.4, 0.5) is 0 Å². The van der Waals surface area contributed by atoms with E-state index in [9.17, 15) is 14.4 Å². The number of carbonyl (C=O) groups is 3. The minimum atomic E-state index is -0.575. The zero-order chi connectivity index (χ0) is 25.3. The van der Waals surface area contributed by atoms with E-state index in [-0.39, 0.29) is 25.0 Å². The molecule has 0 aliphatic heterocycles. The smallest absolute Gasteiger partial charge is 0.332 e. The van der Waals surface area contributed by atoms with Crippen molar-refractivity contribution in [3.63, 3.8) is 0 Å². The first-order valence-corrected chi connectivity index (χ1v) is 12.6. The number of ketones is 1. The number of amides is 1. The van der Waals surface area contributed by atoms with E-state index in [1.54, 1.807) is 0 Å². The van der Waals surface area contributed by atoms with Gasteiger partial charge in [0.1, 0.15) is 5.78 Å². The van der Waals surface area contributed by atoms with Crippen molar-refractivity contribution in [2.24, 2.45) is 11.5 Å². The van der Waals surface area contributed by atoms with E-state index in [1.807, 2.05) is 30.3 Å². The van der Waals surface area contributed by atoms with Crippen molar-refractivity contribution in [1.82, 2.24) is 5.48 Å². The third-order valence-corrected chi connectivity index (χ3v) is 5.88. The molecule has 1 amide bonds. The molecule has 1 atom stereocenters. The van der Waals surface area contributed by atoms with E-state index in [1.165, 1.54) is 11.1 Å². The van der Waals surface area contributed by atoms with Crippen LogP contribution in [0.15, 0.2) is 54.6 Å². The van der Waals surface area contributed by atoms with Gasteiger partial charge in [-0.15, -0.1) is 0 Å². The number of rotatable bonds is 16. The standard InChI is InChI=1S/C28H39N3O4/c29-20-7-6-13-25(30)26(32)14-8-15-28(34)35-31-27(33)21-24-18-16-23(17-19-24)12-5-4-11-22-9-2-1-3-10-22/h1-3,9-10,16-19,25H,4-8,11-15,20-21,29-30H2,(H,31,33)/t25-/m0/s1. The van der Waals surface area contributed by atoms with Gasteiger partial charge in [0.2, 0.25) is 0 Å². The Balaban J connectivity index is 1.57. The van der Waals surface area contributed by atoms with E-state index in [4.69, 9.17) is 16.3 Å². The molecule has 2 aromatic carbocycles. The lowest BCUT2D eigenvalue weighted by atomic mass is 10.0. The first-order chi connectivity index (χ1) is 17.0. The highest BCUT2D eigenvalue weighted by atomic mass is 16.7. The zero-order valence-electron chi connectivity index (χ0n) is 20.5. The lowest BCUT2D eigenvalue weighted by molar-refractivity contribution is -0.158. The van der Waals surface area contributed by atoms with Gasteiger partial charge < -0.3 is 16.3 Å². The van der Waals surface area contributed by atoms with E-state index in [0.29, 0.717) is 19.4 Å². The topological polar surface area (TPSA) is 125 Å². The number of Topliss-reactive ketones (excluding diaryl/α,β-unsaturated/α-hetero) is 1. The van der Waals surface area contributed by atoms with Crippen molar-refractivity contribution in [3.05, 3.63) is 71.3 Å². The summed E-state index contributed by atoms with van der Waals surface area (Å²) in [5, 5.41) is 0. The zero-order valence-corrected chi connectivity index (χ0v) is 20.5. The molecule has 0 aliphatic carbocycles. The van der Waals surface area contributed by atoms with Gasteiger partial charge in [-0.1, -0.05) is 61.0 Å². The first-order valence-electron chi connectivity index (χ1n) is 12.6. The van der Waals surface area contributed by atoms with Crippen LogP contribution in [0.2, 0.25) is 0 Å². The van der Waals surface area contributed by atoms with E-state index >= 15 is 0 Å². The highest BCUT2D eigenvalue weighted by Gasteiger charge is 2.14. The molecule has 0 saturated heterocycles. The van der Waals surface area contributed by atoms with Crippen molar-refractivity contribution in [1.29, 1.82) is 0 Å². The van der Waals surface area contributed by atoms with Crippen LogP contribution in [0.5, 0.6) is 0 Å². The predicted octanol–water partition coefficient (Wildman–Crippen LogP) is 3.56. The molecule has 2 aromatic rings. The van der Waals surface area contributed by atoms with Gasteiger partial charge in [0.15, 0.2) is 0 Å². The van der Waals surface area contributed by atoms with Gasteiger partial charge in [-0.25, -0.2) is 4.79 Å². The molecule has 0 unspecified atom stereocenters. The minimum Gasteiger partial charge on any atom is -0.341 e. The van der Waals surface area contributed by atoms with Gasteiger partial charge in [0.25, 0.3) is 5.91 Å². The summed E-state index contributed by atoms with van der Waals surface area (Å²) in [6.45, 7) is 0.583. The molecule has 5 N–H and O–H groups in total. The van der Waals surface area contributed by atoms with Crippen LogP contribution in [0.3, 0.4) is 0 Å². The molecular formula is C28H39N3O4. The second kappa shape index (κ2) is 16.6. The van der Waals surface area contributed by atoms with E-state index < -0.39 is 17.9 Å². The molecule has 0 spiro atoms. The Morgan fingerprint density at radius 1 is 0.771 bits per heavy atom. The fourth-order valence-corrected chi connectivity index (χ4v) is 3.77. The van der Waals surface area contributed by atoms with Crippen LogP contribution in [-0.2, 0) is 38.5 Å². The minimum absolute atomic E-state index is 0.0422. The SMILES string of the molecule is NCCCC[C@H](N)C(=O)CCCC(=O)ONC(=O)Cc1ccc(CCCCc2ccccc2)cc1. The summed E-state index contributed by atoms with van der Waals surface area (Å²) >= 11 is 0. The molecule has 2 rings (SSSR count). The van der Waals surface area contributed by atoms with Crippen LogP contribution in [0, 0.1) is 0 Å². The quantitative estimate of drug-likeness (QED) is 0.249. The summed E-state index contributed by atoms with van der Waals surface area (Å²) in [4.78, 5) is 40.7. The Kier molecular flexibility index (Phi) is 13.4. The molecule has 190 valence electrons. The Bertz CT molecular complexity index is 900. The van der Waals surface area contributed by atoms with Gasteiger partial charge in [-0.2, -0.15) is 5.48 Å². The normalized spacial score (nSPS) is 11.6. The molecule has 0 fully saturated rings. The highest BCUT2D eigenvalue weighted by molar-refractivity contribution is 5.84. The third kappa shape index (κ3) is 12.3. The Labute approximate surface area is 208 Å². The van der Waals surface area contributed by atoms with Crippen molar-refractivity contribution in [3.8, 4) is 0 Å². The number of hydroxylamine groups is 1. The fraction of sp³-hybridized carbons (Fsp3) is 0.464. The molecule has 0 aliphatic rings. The molecule has 7 heteroatoms. The summed E-state index contributed by atoms with van der Waals surface area (Å²) < 4.78 is 0. The number of hydrogen-bond donors (Lipinski definition) is 3. The van der Waals surface area contributed by atoms with Crippen LogP contribution in [-0.4, -0.2) is 30.2 Å². The Morgan fingerprint density at radius 3 is 2.06 bits per heavy atom. The summed E-state index contributed by atoms with van der Waals surface area (Å²) in [5.74, 6) is -1.04. The highest BCUT2D eigenvalue weighted by Crippen LogP contribution is 2.11. The molecule has 0 aromatic heterocycles. The molecule has 0 bridgehead atoms. The Morgan fingerprint density at radius 2 is 1.40 bits per heavy atom. The van der Waals surface area contributed by atoms with Crippen LogP contribution in [0.1, 0.15) is 68.1 Å². The third-order valence-electron chi connectivity index (χ3n) is 5.88. The van der Waals surface area contributed by atoms with Gasteiger partial charge in [0.05, 0.1) is 12.5 Å².